The lowest BCUT2D eigenvalue weighted by Crippen LogP contribution is -2.13. The van der Waals surface area contributed by atoms with Gasteiger partial charge in [-0.3, -0.25) is 0 Å². The third kappa shape index (κ3) is 5.06. The summed E-state index contributed by atoms with van der Waals surface area (Å²) in [5, 5.41) is 1.50. The first-order chi connectivity index (χ1) is 15.0. The molecule has 1 nitrogen and oxygen atoms in total. The van der Waals surface area contributed by atoms with Crippen LogP contribution in [0.5, 0.6) is 5.75 Å². The van der Waals surface area contributed by atoms with E-state index in [1.165, 1.54) is 62.6 Å². The van der Waals surface area contributed by atoms with Crippen LogP contribution in [0.4, 0.5) is 13.2 Å². The second kappa shape index (κ2) is 9.76. The van der Waals surface area contributed by atoms with Gasteiger partial charge in [-0.25, -0.2) is 4.39 Å². The van der Waals surface area contributed by atoms with E-state index in [1.54, 1.807) is 18.2 Å². The largest absolute Gasteiger partial charge is 0.435 e. The van der Waals surface area contributed by atoms with Gasteiger partial charge in [-0.15, -0.1) is 0 Å². The summed E-state index contributed by atoms with van der Waals surface area (Å²) in [7, 11) is 0. The summed E-state index contributed by atoms with van der Waals surface area (Å²) < 4.78 is 44.3. The Bertz CT molecular complexity index is 1000. The molecule has 164 valence electrons. The molecular weight excluding hydrogens is 397 g/mol. The van der Waals surface area contributed by atoms with Gasteiger partial charge in [0.1, 0.15) is 11.6 Å². The van der Waals surface area contributed by atoms with Crippen LogP contribution in [0.1, 0.15) is 63.4 Å². The highest BCUT2D eigenvalue weighted by Crippen LogP contribution is 2.39. The minimum Gasteiger partial charge on any atom is -0.435 e. The third-order valence-corrected chi connectivity index (χ3v) is 6.65. The van der Waals surface area contributed by atoms with Crippen molar-refractivity contribution in [3.63, 3.8) is 0 Å². The van der Waals surface area contributed by atoms with E-state index < -0.39 is 6.61 Å². The van der Waals surface area contributed by atoms with Crippen LogP contribution in [-0.4, -0.2) is 6.61 Å². The highest BCUT2D eigenvalue weighted by atomic mass is 19.3. The lowest BCUT2D eigenvalue weighted by Gasteiger charge is -2.29. The number of benzene rings is 3. The smallest absolute Gasteiger partial charge is 0.387 e. The van der Waals surface area contributed by atoms with Crippen molar-refractivity contribution in [3.8, 4) is 16.9 Å². The predicted molar refractivity (Wildman–Crippen MR) is 120 cm³/mol. The Morgan fingerprint density at radius 1 is 0.935 bits per heavy atom. The zero-order valence-electron chi connectivity index (χ0n) is 17.9. The first kappa shape index (κ1) is 21.7. The maximum absolute atomic E-state index is 15.3. The zero-order chi connectivity index (χ0) is 21.8. The van der Waals surface area contributed by atoms with E-state index in [1.807, 2.05) is 12.1 Å². The van der Waals surface area contributed by atoms with E-state index in [0.717, 1.165) is 11.3 Å². The van der Waals surface area contributed by atoms with Crippen LogP contribution in [0.15, 0.2) is 54.6 Å². The fourth-order valence-electron chi connectivity index (χ4n) is 4.88. The van der Waals surface area contributed by atoms with E-state index >= 15 is 4.39 Å². The normalized spacial score (nSPS) is 19.1. The summed E-state index contributed by atoms with van der Waals surface area (Å²) in [6.07, 6.45) is 8.97. The molecule has 3 aromatic rings. The first-order valence-electron chi connectivity index (χ1n) is 11.3. The number of hydrogen-bond donors (Lipinski definition) is 0. The number of hydrogen-bond acceptors (Lipinski definition) is 1. The van der Waals surface area contributed by atoms with Gasteiger partial charge < -0.3 is 4.74 Å². The Kier molecular flexibility index (Phi) is 6.84. The molecule has 0 unspecified atom stereocenters. The molecule has 0 spiro atoms. The molecule has 0 bridgehead atoms. The molecule has 4 rings (SSSR count). The van der Waals surface area contributed by atoms with Gasteiger partial charge in [0.2, 0.25) is 0 Å². The highest BCUT2D eigenvalue weighted by molar-refractivity contribution is 5.89. The second-order valence-corrected chi connectivity index (χ2v) is 8.67. The molecule has 3 aromatic carbocycles. The van der Waals surface area contributed by atoms with Crippen molar-refractivity contribution < 1.29 is 17.9 Å². The molecule has 0 saturated heterocycles. The monoisotopic (exact) mass is 426 g/mol. The van der Waals surface area contributed by atoms with Crippen LogP contribution in [0.3, 0.4) is 0 Å². The van der Waals surface area contributed by atoms with E-state index in [4.69, 9.17) is 0 Å². The van der Waals surface area contributed by atoms with E-state index in [0.29, 0.717) is 22.4 Å². The summed E-state index contributed by atoms with van der Waals surface area (Å²) in [5.74, 6) is 1.21. The zero-order valence-corrected chi connectivity index (χ0v) is 17.9. The molecule has 0 radical (unpaired) electrons. The van der Waals surface area contributed by atoms with Crippen LogP contribution >= 0.6 is 0 Å². The topological polar surface area (TPSA) is 9.23 Å². The average Bonchev–Trinajstić information content (AvgIpc) is 2.78. The molecule has 1 fully saturated rings. The van der Waals surface area contributed by atoms with Gasteiger partial charge in [0, 0.05) is 10.9 Å². The molecule has 0 amide bonds. The van der Waals surface area contributed by atoms with Crippen molar-refractivity contribution in [1.82, 2.24) is 0 Å². The molecule has 1 saturated carbocycles. The van der Waals surface area contributed by atoms with Gasteiger partial charge in [-0.2, -0.15) is 8.78 Å². The summed E-state index contributed by atoms with van der Waals surface area (Å²) in [4.78, 5) is 0. The van der Waals surface area contributed by atoms with Crippen molar-refractivity contribution in [2.24, 2.45) is 5.92 Å². The van der Waals surface area contributed by atoms with Gasteiger partial charge >= 0.3 is 6.61 Å². The van der Waals surface area contributed by atoms with Crippen molar-refractivity contribution in [1.29, 1.82) is 0 Å². The fraction of sp³-hybridized carbons (Fsp3) is 0.407. The second-order valence-electron chi connectivity index (χ2n) is 8.67. The molecule has 0 N–H and O–H groups in total. The van der Waals surface area contributed by atoms with Gasteiger partial charge in [0.05, 0.1) is 0 Å². The molecule has 0 heterocycles. The Morgan fingerprint density at radius 3 is 2.35 bits per heavy atom. The van der Waals surface area contributed by atoms with Crippen molar-refractivity contribution in [3.05, 3.63) is 66.0 Å². The molecule has 0 aromatic heterocycles. The Hall–Kier alpha value is -2.49. The summed E-state index contributed by atoms with van der Waals surface area (Å²) in [6.45, 7) is -0.619. The molecule has 0 atom stereocenters. The number of ether oxygens (including phenoxy) is 1. The van der Waals surface area contributed by atoms with Gasteiger partial charge in [-0.05, 0) is 66.2 Å². The Labute approximate surface area is 182 Å². The summed E-state index contributed by atoms with van der Waals surface area (Å²) >= 11 is 0. The van der Waals surface area contributed by atoms with Crippen LogP contribution in [0.25, 0.3) is 21.9 Å². The van der Waals surface area contributed by atoms with Crippen LogP contribution in [0.2, 0.25) is 0 Å². The number of unbranched alkanes of at least 4 members (excludes halogenated alkanes) is 1. The standard InChI is InChI=1S/C27H29F3O/c1-2-3-4-18-5-7-19(8-6-18)21-11-15-25-22(17-21)12-16-24(26(25)28)20-9-13-23(14-10-20)31-27(29)30/h9-19,27H,2-8H2,1H3. The number of fused-ring (bicyclic) bond motifs is 1. The lowest BCUT2D eigenvalue weighted by molar-refractivity contribution is -0.0498. The van der Waals surface area contributed by atoms with E-state index in [-0.39, 0.29) is 11.6 Å². The molecule has 1 aliphatic rings. The minimum atomic E-state index is -2.87. The molecule has 1 aliphatic carbocycles. The quantitative estimate of drug-likeness (QED) is 0.367. The summed E-state index contributed by atoms with van der Waals surface area (Å²) in [5.41, 5.74) is 2.40. The number of alkyl halides is 2. The highest BCUT2D eigenvalue weighted by Gasteiger charge is 2.22. The maximum atomic E-state index is 15.3. The van der Waals surface area contributed by atoms with Crippen LogP contribution in [0, 0.1) is 11.7 Å². The van der Waals surface area contributed by atoms with Gasteiger partial charge in [0.15, 0.2) is 0 Å². The van der Waals surface area contributed by atoms with Crippen molar-refractivity contribution in [2.75, 3.05) is 0 Å². The maximum Gasteiger partial charge on any atom is 0.387 e. The number of rotatable bonds is 7. The van der Waals surface area contributed by atoms with Crippen molar-refractivity contribution in [2.45, 2.75) is 64.4 Å². The Balaban J connectivity index is 1.52. The minimum absolute atomic E-state index is 0.0639. The van der Waals surface area contributed by atoms with Crippen LogP contribution < -0.4 is 4.74 Å². The molecule has 4 heteroatoms. The average molecular weight is 427 g/mol. The van der Waals surface area contributed by atoms with E-state index in [9.17, 15) is 8.78 Å². The fourth-order valence-corrected chi connectivity index (χ4v) is 4.88. The Morgan fingerprint density at radius 2 is 1.68 bits per heavy atom. The summed E-state index contributed by atoms with van der Waals surface area (Å²) in [6, 6.07) is 15.9. The molecular formula is C27H29F3O. The van der Waals surface area contributed by atoms with Gasteiger partial charge in [-0.1, -0.05) is 68.7 Å². The van der Waals surface area contributed by atoms with Gasteiger partial charge in [0.25, 0.3) is 0 Å². The van der Waals surface area contributed by atoms with E-state index in [2.05, 4.69) is 23.8 Å². The van der Waals surface area contributed by atoms with Crippen molar-refractivity contribution >= 4 is 10.8 Å². The molecule has 31 heavy (non-hydrogen) atoms. The predicted octanol–water partition coefficient (Wildman–Crippen LogP) is 8.71. The lowest BCUT2D eigenvalue weighted by atomic mass is 9.77. The third-order valence-electron chi connectivity index (χ3n) is 6.65. The first-order valence-corrected chi connectivity index (χ1v) is 11.3. The van der Waals surface area contributed by atoms with Crippen LogP contribution in [-0.2, 0) is 0 Å². The SMILES string of the molecule is CCCCC1CCC(c2ccc3c(F)c(-c4ccc(OC(F)F)cc4)ccc3c2)CC1. The molecule has 0 aliphatic heterocycles. The number of halogens is 3.